The summed E-state index contributed by atoms with van der Waals surface area (Å²) in [6, 6.07) is 19.7. The predicted molar refractivity (Wildman–Crippen MR) is 102 cm³/mol. The second-order valence-corrected chi connectivity index (χ2v) is 5.95. The third kappa shape index (κ3) is 3.90. The average Bonchev–Trinajstić information content (AvgIpc) is 2.68. The average molecular weight is 360 g/mol. The molecule has 1 amide bonds. The summed E-state index contributed by atoms with van der Waals surface area (Å²) in [6.45, 7) is 1.57. The lowest BCUT2D eigenvalue weighted by Gasteiger charge is -2.11. The number of aryl methyl sites for hydroxylation is 1. The molecule has 0 heterocycles. The molecule has 0 aliphatic rings. The smallest absolute Gasteiger partial charge is 0.272 e. The Morgan fingerprint density at radius 1 is 0.889 bits per heavy atom. The highest BCUT2D eigenvalue weighted by atomic mass is 16.6. The molecule has 1 N–H and O–H groups in total. The molecule has 0 aliphatic carbocycles. The predicted octanol–water partition coefficient (Wildman–Crippen LogP) is 4.39. The topological polar surface area (TPSA) is 89.3 Å². The van der Waals surface area contributed by atoms with E-state index in [2.05, 4.69) is 5.32 Å². The Bertz CT molecular complexity index is 1030. The van der Waals surface area contributed by atoms with Crippen LogP contribution in [0.4, 0.5) is 11.4 Å². The first kappa shape index (κ1) is 18.0. The summed E-state index contributed by atoms with van der Waals surface area (Å²) in [5.74, 6) is -0.646. The number of nitrogens with one attached hydrogen (secondary N) is 1. The summed E-state index contributed by atoms with van der Waals surface area (Å²) in [7, 11) is 0. The summed E-state index contributed by atoms with van der Waals surface area (Å²) < 4.78 is 0. The highest BCUT2D eigenvalue weighted by Crippen LogP contribution is 2.22. The Labute approximate surface area is 155 Å². The van der Waals surface area contributed by atoms with Gasteiger partial charge in [0, 0.05) is 28.3 Å². The Balaban J connectivity index is 1.88. The Kier molecular flexibility index (Phi) is 5.08. The van der Waals surface area contributed by atoms with E-state index in [0.29, 0.717) is 22.4 Å². The van der Waals surface area contributed by atoms with Gasteiger partial charge >= 0.3 is 0 Å². The minimum atomic E-state index is -0.495. The number of nitro benzene ring substituents is 1. The molecule has 0 saturated heterocycles. The maximum atomic E-state index is 12.7. The van der Waals surface area contributed by atoms with Crippen LogP contribution in [0.2, 0.25) is 0 Å². The number of hydrogen-bond acceptors (Lipinski definition) is 4. The molecule has 3 aromatic rings. The van der Waals surface area contributed by atoms with E-state index in [9.17, 15) is 19.7 Å². The molecule has 27 heavy (non-hydrogen) atoms. The zero-order valence-electron chi connectivity index (χ0n) is 14.5. The van der Waals surface area contributed by atoms with Crippen molar-refractivity contribution in [2.24, 2.45) is 0 Å². The number of nitrogens with zero attached hydrogens (tertiary/aromatic N) is 1. The van der Waals surface area contributed by atoms with E-state index in [0.717, 1.165) is 0 Å². The second-order valence-electron chi connectivity index (χ2n) is 5.95. The number of para-hydroxylation sites is 1. The van der Waals surface area contributed by atoms with Crippen LogP contribution in [0.25, 0.3) is 0 Å². The van der Waals surface area contributed by atoms with Gasteiger partial charge in [0.25, 0.3) is 11.6 Å². The zero-order chi connectivity index (χ0) is 19.4. The lowest BCUT2D eigenvalue weighted by atomic mass is 10.0. The van der Waals surface area contributed by atoms with Crippen molar-refractivity contribution in [2.75, 3.05) is 5.32 Å². The van der Waals surface area contributed by atoms with E-state index in [4.69, 9.17) is 0 Å². The molecule has 134 valence electrons. The van der Waals surface area contributed by atoms with Gasteiger partial charge in [-0.1, -0.05) is 42.5 Å². The minimum Gasteiger partial charge on any atom is -0.321 e. The first-order chi connectivity index (χ1) is 13.0. The number of ketones is 1. The molecule has 0 atom stereocenters. The molecule has 3 rings (SSSR count). The number of carbonyl (C=O) groups is 2. The van der Waals surface area contributed by atoms with Crippen LogP contribution >= 0.6 is 0 Å². The standard InChI is InChI=1S/C21H16N2O4/c1-14-13-16(11-12-19(14)23(26)27)21(25)22-18-10-6-5-9-17(18)20(24)15-7-3-2-4-8-15/h2-13H,1H3,(H,22,25). The summed E-state index contributed by atoms with van der Waals surface area (Å²) in [6.07, 6.45) is 0. The van der Waals surface area contributed by atoms with Crippen LogP contribution in [-0.4, -0.2) is 16.6 Å². The number of benzene rings is 3. The first-order valence-electron chi connectivity index (χ1n) is 8.22. The summed E-state index contributed by atoms with van der Waals surface area (Å²) >= 11 is 0. The third-order valence-corrected chi connectivity index (χ3v) is 4.11. The molecule has 0 aliphatic heterocycles. The van der Waals surface area contributed by atoms with E-state index in [-0.39, 0.29) is 17.0 Å². The highest BCUT2D eigenvalue weighted by Gasteiger charge is 2.17. The summed E-state index contributed by atoms with van der Waals surface area (Å²) in [5.41, 5.74) is 1.89. The van der Waals surface area contributed by atoms with Crippen molar-refractivity contribution >= 4 is 23.1 Å². The first-order valence-corrected chi connectivity index (χ1v) is 8.22. The monoisotopic (exact) mass is 360 g/mol. The van der Waals surface area contributed by atoms with Crippen LogP contribution in [0.1, 0.15) is 31.8 Å². The van der Waals surface area contributed by atoms with Crippen LogP contribution in [0, 0.1) is 17.0 Å². The van der Waals surface area contributed by atoms with Gasteiger partial charge in [-0.15, -0.1) is 0 Å². The van der Waals surface area contributed by atoms with E-state index >= 15 is 0 Å². The SMILES string of the molecule is Cc1cc(C(=O)Nc2ccccc2C(=O)c2ccccc2)ccc1[N+](=O)[O-]. The van der Waals surface area contributed by atoms with Gasteiger partial charge in [-0.2, -0.15) is 0 Å². The maximum absolute atomic E-state index is 12.7. The van der Waals surface area contributed by atoms with E-state index in [1.165, 1.54) is 18.2 Å². The molecule has 0 spiro atoms. The van der Waals surface area contributed by atoms with Crippen molar-refractivity contribution in [3.05, 3.63) is 105 Å². The fraction of sp³-hybridized carbons (Fsp3) is 0.0476. The zero-order valence-corrected chi connectivity index (χ0v) is 14.5. The number of amides is 1. The van der Waals surface area contributed by atoms with Crippen LogP contribution in [0.5, 0.6) is 0 Å². The van der Waals surface area contributed by atoms with Crippen LogP contribution in [0.15, 0.2) is 72.8 Å². The van der Waals surface area contributed by atoms with Gasteiger partial charge in [-0.05, 0) is 31.2 Å². The van der Waals surface area contributed by atoms with Crippen LogP contribution < -0.4 is 5.32 Å². The summed E-state index contributed by atoms with van der Waals surface area (Å²) in [5, 5.41) is 13.6. The Morgan fingerprint density at radius 2 is 1.56 bits per heavy atom. The van der Waals surface area contributed by atoms with Gasteiger partial charge in [0.05, 0.1) is 10.6 Å². The number of nitro groups is 1. The number of carbonyl (C=O) groups excluding carboxylic acids is 2. The van der Waals surface area contributed by atoms with Crippen molar-refractivity contribution in [1.82, 2.24) is 0 Å². The lowest BCUT2D eigenvalue weighted by Crippen LogP contribution is -2.15. The molecule has 0 bridgehead atoms. The molecule has 0 radical (unpaired) electrons. The highest BCUT2D eigenvalue weighted by molar-refractivity contribution is 6.15. The Hall–Kier alpha value is -3.80. The third-order valence-electron chi connectivity index (χ3n) is 4.11. The van der Waals surface area contributed by atoms with Gasteiger partial charge in [-0.25, -0.2) is 0 Å². The number of rotatable bonds is 5. The van der Waals surface area contributed by atoms with Crippen molar-refractivity contribution < 1.29 is 14.5 Å². The molecular weight excluding hydrogens is 344 g/mol. The van der Waals surface area contributed by atoms with Crippen LogP contribution in [0.3, 0.4) is 0 Å². The summed E-state index contributed by atoms with van der Waals surface area (Å²) in [4.78, 5) is 35.7. The molecule has 6 heteroatoms. The largest absolute Gasteiger partial charge is 0.321 e. The normalized spacial score (nSPS) is 10.3. The lowest BCUT2D eigenvalue weighted by molar-refractivity contribution is -0.385. The quantitative estimate of drug-likeness (QED) is 0.415. The molecule has 0 saturated carbocycles. The molecular formula is C21H16N2O4. The van der Waals surface area contributed by atoms with Gasteiger partial charge in [0.1, 0.15) is 0 Å². The van der Waals surface area contributed by atoms with Gasteiger partial charge in [-0.3, -0.25) is 19.7 Å². The van der Waals surface area contributed by atoms with Gasteiger partial charge < -0.3 is 5.32 Å². The number of hydrogen-bond donors (Lipinski definition) is 1. The van der Waals surface area contributed by atoms with Crippen molar-refractivity contribution in [3.8, 4) is 0 Å². The molecule has 0 fully saturated rings. The van der Waals surface area contributed by atoms with Gasteiger partial charge in [0.15, 0.2) is 5.78 Å². The molecule has 6 nitrogen and oxygen atoms in total. The van der Waals surface area contributed by atoms with E-state index in [1.807, 2.05) is 6.07 Å². The van der Waals surface area contributed by atoms with Crippen LogP contribution in [-0.2, 0) is 0 Å². The van der Waals surface area contributed by atoms with Crippen molar-refractivity contribution in [2.45, 2.75) is 6.92 Å². The molecule has 3 aromatic carbocycles. The van der Waals surface area contributed by atoms with E-state index < -0.39 is 10.8 Å². The molecule has 0 unspecified atom stereocenters. The number of anilines is 1. The maximum Gasteiger partial charge on any atom is 0.272 e. The Morgan fingerprint density at radius 3 is 2.22 bits per heavy atom. The van der Waals surface area contributed by atoms with Crippen molar-refractivity contribution in [3.63, 3.8) is 0 Å². The fourth-order valence-corrected chi connectivity index (χ4v) is 2.73. The minimum absolute atomic E-state index is 0.0498. The van der Waals surface area contributed by atoms with Gasteiger partial charge in [0.2, 0.25) is 0 Å². The van der Waals surface area contributed by atoms with Crippen molar-refractivity contribution in [1.29, 1.82) is 0 Å². The second kappa shape index (κ2) is 7.61. The van der Waals surface area contributed by atoms with E-state index in [1.54, 1.807) is 55.5 Å². The fourth-order valence-electron chi connectivity index (χ4n) is 2.73. The molecule has 0 aromatic heterocycles.